The average Bonchev–Trinajstić information content (AvgIpc) is 1.35. The summed E-state index contributed by atoms with van der Waals surface area (Å²) in [5.74, 6) is 0. The third kappa shape index (κ3) is 15.7. The second kappa shape index (κ2) is 6.55. The Morgan fingerprint density at radius 2 is 1.62 bits per heavy atom. The molecule has 8 heteroatoms. The molecule has 0 rings (SSSR count). The minimum absolute atomic E-state index is 0. The summed E-state index contributed by atoms with van der Waals surface area (Å²) in [6.45, 7) is 0. The van der Waals surface area contributed by atoms with Crippen LogP contribution in [0.4, 0.5) is 0 Å². The van der Waals surface area contributed by atoms with E-state index in [1.165, 1.54) is 0 Å². The van der Waals surface area contributed by atoms with Gasteiger partial charge in [0.05, 0.1) is 0 Å². The van der Waals surface area contributed by atoms with E-state index >= 15 is 0 Å². The summed E-state index contributed by atoms with van der Waals surface area (Å²) < 4.78 is 27.5. The van der Waals surface area contributed by atoms with E-state index < -0.39 is 10.4 Å². The number of hydrogen-bond donors (Lipinski definition) is 1. The van der Waals surface area contributed by atoms with Crippen LogP contribution in [-0.4, -0.2) is 18.4 Å². The van der Waals surface area contributed by atoms with E-state index in [2.05, 4.69) is 4.33 Å². The molecule has 0 aliphatic carbocycles. The van der Waals surface area contributed by atoms with Crippen LogP contribution in [0.2, 0.25) is 0 Å². The van der Waals surface area contributed by atoms with Crippen molar-refractivity contribution in [3.8, 4) is 0 Å². The summed E-state index contributed by atoms with van der Waals surface area (Å²) in [5.41, 5.74) is 0. The number of rotatable bonds is 1. The molecule has 0 heterocycles. The van der Waals surface area contributed by atoms with Crippen molar-refractivity contribution in [3.05, 3.63) is 0 Å². The minimum atomic E-state index is -4.72. The van der Waals surface area contributed by atoms with Crippen LogP contribution in [0.1, 0.15) is 0 Å². The Balaban J connectivity index is -0.000000125. The van der Waals surface area contributed by atoms with Gasteiger partial charge in [-0.1, -0.05) is 0 Å². The fourth-order valence-corrected chi connectivity index (χ4v) is 0. The van der Waals surface area contributed by atoms with Crippen LogP contribution >= 0.6 is 0 Å². The smallest absolute Gasteiger partial charge is 0.705 e. The van der Waals surface area contributed by atoms with Gasteiger partial charge in [0.2, 0.25) is 0 Å². The molecule has 0 unspecified atom stereocenters. The molecular formula is H3KO6S. The summed E-state index contributed by atoms with van der Waals surface area (Å²) in [6.07, 6.45) is 0. The molecule has 0 saturated carbocycles. The summed E-state index contributed by atoms with van der Waals surface area (Å²) in [5, 5.41) is 8.61. The van der Waals surface area contributed by atoms with E-state index in [1.807, 2.05) is 0 Å². The molecule has 0 aromatic rings. The molecule has 0 radical (unpaired) electrons. The Morgan fingerprint density at radius 1 is 1.50 bits per heavy atom. The first kappa shape index (κ1) is 16.2. The van der Waals surface area contributed by atoms with Gasteiger partial charge in [0, 0.05) is 0 Å². The first-order valence-corrected chi connectivity index (χ1v) is 2.21. The van der Waals surface area contributed by atoms with Crippen molar-refractivity contribution in [3.63, 3.8) is 0 Å². The molecule has 0 bridgehead atoms. The van der Waals surface area contributed by atoms with Crippen molar-refractivity contribution >= 4 is 10.4 Å². The van der Waals surface area contributed by atoms with Crippen molar-refractivity contribution < 1.29 is 79.4 Å². The summed E-state index contributed by atoms with van der Waals surface area (Å²) >= 11 is 0. The van der Waals surface area contributed by atoms with Crippen LogP contribution in [-0.2, 0) is 14.7 Å². The molecule has 0 aliphatic heterocycles. The zero-order chi connectivity index (χ0) is 5.21. The Bertz CT molecular complexity index is 110. The summed E-state index contributed by atoms with van der Waals surface area (Å²) in [7, 11) is -4.72. The summed E-state index contributed by atoms with van der Waals surface area (Å²) in [6, 6.07) is 0. The number of hydrogen-bond acceptors (Lipinski definition) is 4. The fraction of sp³-hybridized carbons (Fsp3) is 0. The van der Waals surface area contributed by atoms with E-state index in [9.17, 15) is 0 Å². The molecule has 0 spiro atoms. The maximum absolute atomic E-state index is 9.02. The summed E-state index contributed by atoms with van der Waals surface area (Å²) in [4.78, 5) is 0. The van der Waals surface area contributed by atoms with E-state index in [0.717, 1.165) is 0 Å². The van der Waals surface area contributed by atoms with E-state index in [0.29, 0.717) is 0 Å². The van der Waals surface area contributed by atoms with Crippen LogP contribution in [0.25, 0.3) is 0 Å². The van der Waals surface area contributed by atoms with Gasteiger partial charge in [-0.3, -0.25) is 4.55 Å². The quantitative estimate of drug-likeness (QED) is 0.182. The van der Waals surface area contributed by atoms with Gasteiger partial charge in [-0.2, -0.15) is 8.42 Å². The second-order valence-electron chi connectivity index (χ2n) is 0.496. The maximum Gasteiger partial charge on any atom is 1.00 e. The molecule has 0 fully saturated rings. The van der Waals surface area contributed by atoms with Crippen LogP contribution < -0.4 is 56.6 Å². The molecule has 8 heavy (non-hydrogen) atoms. The molecule has 0 amide bonds. The van der Waals surface area contributed by atoms with E-state index in [4.69, 9.17) is 18.2 Å². The van der Waals surface area contributed by atoms with Crippen LogP contribution in [0.15, 0.2) is 0 Å². The van der Waals surface area contributed by atoms with E-state index in [1.54, 1.807) is 0 Å². The Kier molecular flexibility index (Phi) is 13.3. The van der Waals surface area contributed by atoms with E-state index in [-0.39, 0.29) is 56.9 Å². The third-order valence-electron chi connectivity index (χ3n) is 0.0860. The normalized spacial score (nSPS) is 8.75. The fourth-order valence-electron chi connectivity index (χ4n) is 0. The van der Waals surface area contributed by atoms with Gasteiger partial charge >= 0.3 is 61.8 Å². The van der Waals surface area contributed by atoms with Crippen LogP contribution in [0.5, 0.6) is 0 Å². The zero-order valence-electron chi connectivity index (χ0n) is 3.99. The van der Waals surface area contributed by atoms with Gasteiger partial charge in [0.25, 0.3) is 0 Å². The van der Waals surface area contributed by atoms with Crippen molar-refractivity contribution in [1.29, 1.82) is 0 Å². The van der Waals surface area contributed by atoms with Crippen molar-refractivity contribution in [1.82, 2.24) is 0 Å². The van der Waals surface area contributed by atoms with Gasteiger partial charge in [-0.15, -0.1) is 0 Å². The largest absolute Gasteiger partial charge is 1.00 e. The molecule has 0 saturated heterocycles. The average molecular weight is 170 g/mol. The maximum atomic E-state index is 9.02. The Morgan fingerprint density at radius 3 is 1.62 bits per heavy atom. The molecule has 46 valence electrons. The molecule has 0 atom stereocenters. The van der Waals surface area contributed by atoms with Gasteiger partial charge in [0.1, 0.15) is 0 Å². The van der Waals surface area contributed by atoms with Gasteiger partial charge in [-0.05, 0) is 0 Å². The molecular weight excluding hydrogens is 167 g/mol. The SMILES string of the molecule is O.O=S(=O)(O)O[O-].[K+]. The Hall–Kier alpha value is 1.43. The topological polar surface area (TPSA) is 118 Å². The van der Waals surface area contributed by atoms with Crippen molar-refractivity contribution in [2.75, 3.05) is 0 Å². The van der Waals surface area contributed by atoms with Gasteiger partial charge in [0.15, 0.2) is 0 Å². The molecule has 0 aromatic carbocycles. The first-order valence-electron chi connectivity index (χ1n) is 0.849. The zero-order valence-corrected chi connectivity index (χ0v) is 7.93. The van der Waals surface area contributed by atoms with Crippen molar-refractivity contribution in [2.24, 2.45) is 0 Å². The standard InChI is InChI=1S/K.H2O5S.H2O/c;1-5-6(2,3)4;/h;1H,(H,2,3,4);1H2/q+1;;/p-1. The van der Waals surface area contributed by atoms with Crippen molar-refractivity contribution in [2.45, 2.75) is 0 Å². The predicted octanol–water partition coefficient (Wildman–Crippen LogP) is -5.74. The molecule has 0 aromatic heterocycles. The van der Waals surface area contributed by atoms with Gasteiger partial charge in [-0.25, -0.2) is 0 Å². The van der Waals surface area contributed by atoms with Crippen LogP contribution in [0.3, 0.4) is 0 Å². The molecule has 0 aliphatic rings. The third-order valence-corrected chi connectivity index (χ3v) is 0.258. The second-order valence-corrected chi connectivity index (χ2v) is 1.49. The predicted molar refractivity (Wildman–Crippen MR) is 16.2 cm³/mol. The molecule has 3 N–H and O–H groups in total. The first-order chi connectivity index (χ1) is 2.56. The van der Waals surface area contributed by atoms with Crippen LogP contribution in [0, 0.1) is 0 Å². The molecule has 6 nitrogen and oxygen atoms in total. The van der Waals surface area contributed by atoms with Gasteiger partial charge < -0.3 is 15.1 Å². The monoisotopic (exact) mass is 170 g/mol. The minimum Gasteiger partial charge on any atom is -0.705 e. The Labute approximate surface area is 88.5 Å².